The number of carbonyl (C=O) groups excluding carboxylic acids is 1. The molecule has 1 heterocycles. The van der Waals surface area contributed by atoms with Crippen LogP contribution in [0.3, 0.4) is 0 Å². The zero-order valence-electron chi connectivity index (χ0n) is 16.3. The molecule has 5 nitrogen and oxygen atoms in total. The molecule has 0 spiro atoms. The lowest BCUT2D eigenvalue weighted by molar-refractivity contribution is -0.121. The second kappa shape index (κ2) is 9.37. The third-order valence-electron chi connectivity index (χ3n) is 4.47. The monoisotopic (exact) mass is 396 g/mol. The molecular weight excluding hydrogens is 372 g/mol. The summed E-state index contributed by atoms with van der Waals surface area (Å²) < 4.78 is 10.5. The van der Waals surface area contributed by atoms with Crippen molar-refractivity contribution in [1.82, 2.24) is 10.3 Å². The number of nitrogens with zero attached hydrogens (tertiary/aromatic N) is 1. The Morgan fingerprint density at radius 3 is 2.64 bits per heavy atom. The fourth-order valence-electron chi connectivity index (χ4n) is 2.88. The number of aromatic nitrogens is 1. The van der Waals surface area contributed by atoms with Crippen LogP contribution in [-0.2, 0) is 17.8 Å². The number of amides is 1. The van der Waals surface area contributed by atoms with E-state index in [1.54, 1.807) is 25.6 Å². The van der Waals surface area contributed by atoms with Gasteiger partial charge in [0.15, 0.2) is 11.5 Å². The topological polar surface area (TPSA) is 60.5 Å². The summed E-state index contributed by atoms with van der Waals surface area (Å²) in [7, 11) is 3.20. The average molecular weight is 397 g/mol. The van der Waals surface area contributed by atoms with Crippen molar-refractivity contribution in [2.45, 2.75) is 26.3 Å². The Bertz CT molecular complexity index is 952. The van der Waals surface area contributed by atoms with Crippen LogP contribution in [0.15, 0.2) is 47.8 Å². The molecular formula is C22H24N2O3S. The molecule has 6 heteroatoms. The first kappa shape index (κ1) is 19.9. The van der Waals surface area contributed by atoms with Crippen LogP contribution in [0.25, 0.3) is 10.6 Å². The highest BCUT2D eigenvalue weighted by atomic mass is 32.1. The van der Waals surface area contributed by atoms with Gasteiger partial charge in [0.05, 0.1) is 19.9 Å². The molecule has 0 saturated carbocycles. The van der Waals surface area contributed by atoms with Crippen molar-refractivity contribution in [2.24, 2.45) is 0 Å². The first-order chi connectivity index (χ1) is 13.6. The SMILES string of the molecule is COc1ccc(CNC(=O)CCc2csc(-c3ccccc3C)n2)cc1OC. The van der Waals surface area contributed by atoms with Gasteiger partial charge in [-0.1, -0.05) is 30.3 Å². The van der Waals surface area contributed by atoms with Crippen LogP contribution in [0.4, 0.5) is 0 Å². The van der Waals surface area contributed by atoms with Crippen molar-refractivity contribution >= 4 is 17.2 Å². The normalized spacial score (nSPS) is 10.5. The zero-order chi connectivity index (χ0) is 19.9. The molecule has 146 valence electrons. The molecule has 0 radical (unpaired) electrons. The van der Waals surface area contributed by atoms with Crippen LogP contribution >= 0.6 is 11.3 Å². The van der Waals surface area contributed by atoms with Gasteiger partial charge in [-0.15, -0.1) is 11.3 Å². The minimum absolute atomic E-state index is 0.000210. The minimum Gasteiger partial charge on any atom is -0.493 e. The molecule has 0 aliphatic heterocycles. The van der Waals surface area contributed by atoms with Gasteiger partial charge in [0, 0.05) is 23.9 Å². The first-order valence-electron chi connectivity index (χ1n) is 9.08. The Labute approximate surface area is 169 Å². The summed E-state index contributed by atoms with van der Waals surface area (Å²) in [4.78, 5) is 16.9. The quantitative estimate of drug-likeness (QED) is 0.614. The molecule has 28 heavy (non-hydrogen) atoms. The summed E-state index contributed by atoms with van der Waals surface area (Å²) >= 11 is 1.62. The summed E-state index contributed by atoms with van der Waals surface area (Å²) in [5, 5.41) is 5.98. The molecule has 0 fully saturated rings. The predicted molar refractivity (Wildman–Crippen MR) is 112 cm³/mol. The molecule has 0 atom stereocenters. The number of carbonyl (C=O) groups is 1. The lowest BCUT2D eigenvalue weighted by Gasteiger charge is -2.10. The van der Waals surface area contributed by atoms with Gasteiger partial charge in [-0.05, 0) is 36.6 Å². The van der Waals surface area contributed by atoms with Crippen LogP contribution in [-0.4, -0.2) is 25.1 Å². The van der Waals surface area contributed by atoms with Crippen LogP contribution < -0.4 is 14.8 Å². The Morgan fingerprint density at radius 2 is 1.89 bits per heavy atom. The molecule has 1 N–H and O–H groups in total. The van der Waals surface area contributed by atoms with E-state index in [0.29, 0.717) is 30.9 Å². The van der Waals surface area contributed by atoms with Gasteiger partial charge >= 0.3 is 0 Å². The van der Waals surface area contributed by atoms with E-state index in [1.807, 2.05) is 35.7 Å². The Balaban J connectivity index is 1.52. The number of methoxy groups -OCH3 is 2. The fraction of sp³-hybridized carbons (Fsp3) is 0.273. The number of ether oxygens (including phenoxy) is 2. The van der Waals surface area contributed by atoms with E-state index < -0.39 is 0 Å². The van der Waals surface area contributed by atoms with Crippen molar-refractivity contribution in [3.63, 3.8) is 0 Å². The second-order valence-electron chi connectivity index (χ2n) is 6.42. The maximum absolute atomic E-state index is 12.2. The number of aryl methyl sites for hydroxylation is 2. The van der Waals surface area contributed by atoms with E-state index in [2.05, 4.69) is 29.4 Å². The van der Waals surface area contributed by atoms with Crippen molar-refractivity contribution in [3.05, 3.63) is 64.7 Å². The van der Waals surface area contributed by atoms with Crippen molar-refractivity contribution < 1.29 is 14.3 Å². The van der Waals surface area contributed by atoms with Crippen LogP contribution in [0.2, 0.25) is 0 Å². The second-order valence-corrected chi connectivity index (χ2v) is 7.28. The fourth-order valence-corrected chi connectivity index (χ4v) is 3.82. The Kier molecular flexibility index (Phi) is 6.66. The zero-order valence-corrected chi connectivity index (χ0v) is 17.1. The van der Waals surface area contributed by atoms with Crippen LogP contribution in [0.1, 0.15) is 23.2 Å². The van der Waals surface area contributed by atoms with Crippen molar-refractivity contribution in [3.8, 4) is 22.1 Å². The Hall–Kier alpha value is -2.86. The smallest absolute Gasteiger partial charge is 0.220 e. The highest BCUT2D eigenvalue weighted by Gasteiger charge is 2.10. The van der Waals surface area contributed by atoms with Gasteiger partial charge in [0.2, 0.25) is 5.91 Å². The third-order valence-corrected chi connectivity index (χ3v) is 5.40. The molecule has 3 aromatic rings. The molecule has 2 aromatic carbocycles. The van der Waals surface area contributed by atoms with Gasteiger partial charge in [0.25, 0.3) is 0 Å². The summed E-state index contributed by atoms with van der Waals surface area (Å²) in [5.41, 5.74) is 4.26. The standard InChI is InChI=1S/C22H24N2O3S/c1-15-6-4-5-7-18(15)22-24-17(14-28-22)9-11-21(25)23-13-16-8-10-19(26-2)20(12-16)27-3/h4-8,10,12,14H,9,11,13H2,1-3H3,(H,23,25). The molecule has 0 saturated heterocycles. The van der Waals surface area contributed by atoms with E-state index >= 15 is 0 Å². The maximum atomic E-state index is 12.2. The highest BCUT2D eigenvalue weighted by Crippen LogP contribution is 2.28. The summed E-state index contributed by atoms with van der Waals surface area (Å²) in [6.07, 6.45) is 1.03. The third kappa shape index (κ3) is 4.89. The van der Waals surface area contributed by atoms with Gasteiger partial charge < -0.3 is 14.8 Å². The van der Waals surface area contributed by atoms with E-state index in [-0.39, 0.29) is 5.91 Å². The molecule has 1 amide bonds. The number of rotatable bonds is 8. The number of hydrogen-bond acceptors (Lipinski definition) is 5. The maximum Gasteiger partial charge on any atom is 0.220 e. The molecule has 0 bridgehead atoms. The number of benzene rings is 2. The van der Waals surface area contributed by atoms with Crippen molar-refractivity contribution in [2.75, 3.05) is 14.2 Å². The first-order valence-corrected chi connectivity index (χ1v) is 9.96. The summed E-state index contributed by atoms with van der Waals surface area (Å²) in [5.74, 6) is 1.33. The van der Waals surface area contributed by atoms with E-state index in [0.717, 1.165) is 21.8 Å². The molecule has 0 aliphatic rings. The van der Waals surface area contributed by atoms with E-state index in [4.69, 9.17) is 9.47 Å². The number of nitrogens with one attached hydrogen (secondary N) is 1. The molecule has 3 rings (SSSR count). The predicted octanol–water partition coefficient (Wildman–Crippen LogP) is 4.38. The molecule has 0 aliphatic carbocycles. The van der Waals surface area contributed by atoms with E-state index in [9.17, 15) is 4.79 Å². The van der Waals surface area contributed by atoms with Gasteiger partial charge in [-0.3, -0.25) is 4.79 Å². The minimum atomic E-state index is 0.000210. The summed E-state index contributed by atoms with van der Waals surface area (Å²) in [6.45, 7) is 2.53. The largest absolute Gasteiger partial charge is 0.493 e. The van der Waals surface area contributed by atoms with Gasteiger partial charge in [0.1, 0.15) is 5.01 Å². The highest BCUT2D eigenvalue weighted by molar-refractivity contribution is 7.13. The van der Waals surface area contributed by atoms with Crippen LogP contribution in [0.5, 0.6) is 11.5 Å². The molecule has 1 aromatic heterocycles. The van der Waals surface area contributed by atoms with Gasteiger partial charge in [-0.2, -0.15) is 0 Å². The average Bonchev–Trinajstić information content (AvgIpc) is 3.19. The lowest BCUT2D eigenvalue weighted by Crippen LogP contribution is -2.23. The van der Waals surface area contributed by atoms with Crippen LogP contribution in [0, 0.1) is 6.92 Å². The van der Waals surface area contributed by atoms with E-state index in [1.165, 1.54) is 5.56 Å². The van der Waals surface area contributed by atoms with Crippen molar-refractivity contribution in [1.29, 1.82) is 0 Å². The van der Waals surface area contributed by atoms with Gasteiger partial charge in [-0.25, -0.2) is 4.98 Å². The molecule has 0 unspecified atom stereocenters. The summed E-state index contributed by atoms with van der Waals surface area (Å²) in [6, 6.07) is 13.8. The number of thiazole rings is 1. The lowest BCUT2D eigenvalue weighted by atomic mass is 10.1. The Morgan fingerprint density at radius 1 is 1.11 bits per heavy atom. The number of hydrogen-bond donors (Lipinski definition) is 1.